The van der Waals surface area contributed by atoms with E-state index >= 15 is 0 Å². The van der Waals surface area contributed by atoms with E-state index in [0.717, 1.165) is 23.2 Å². The molecule has 0 radical (unpaired) electrons. The first kappa shape index (κ1) is 8.26. The lowest BCUT2D eigenvalue weighted by Gasteiger charge is -2.20. The molecule has 1 aliphatic heterocycles. The Kier molecular flexibility index (Phi) is 2.46. The first-order valence-electron chi connectivity index (χ1n) is 4.18. The predicted octanol–water partition coefficient (Wildman–Crippen LogP) is 2.41. The molecular formula is C8H11BrN2O. The summed E-state index contributed by atoms with van der Waals surface area (Å²) in [5, 5.41) is 6.96. The summed E-state index contributed by atoms with van der Waals surface area (Å²) in [7, 11) is 0. The van der Waals surface area contributed by atoms with Crippen molar-refractivity contribution in [3.63, 3.8) is 0 Å². The van der Waals surface area contributed by atoms with Crippen molar-refractivity contribution in [1.29, 1.82) is 0 Å². The number of aromatic amines is 1. The van der Waals surface area contributed by atoms with Gasteiger partial charge in [0.1, 0.15) is 11.8 Å². The molecule has 1 N–H and O–H groups in total. The van der Waals surface area contributed by atoms with Crippen LogP contribution in [-0.2, 0) is 4.74 Å². The number of rotatable bonds is 1. The summed E-state index contributed by atoms with van der Waals surface area (Å²) in [6.45, 7) is 0.865. The summed E-state index contributed by atoms with van der Waals surface area (Å²) < 4.78 is 6.61. The lowest BCUT2D eigenvalue weighted by molar-refractivity contribution is 0.0119. The molecule has 0 aliphatic carbocycles. The van der Waals surface area contributed by atoms with Crippen molar-refractivity contribution in [2.75, 3.05) is 6.61 Å². The van der Waals surface area contributed by atoms with Crippen LogP contribution in [0.15, 0.2) is 10.7 Å². The molecule has 1 aliphatic rings. The van der Waals surface area contributed by atoms with E-state index < -0.39 is 0 Å². The number of nitrogens with zero attached hydrogens (tertiary/aromatic N) is 1. The fraction of sp³-hybridized carbons (Fsp3) is 0.625. The van der Waals surface area contributed by atoms with Crippen molar-refractivity contribution >= 4 is 15.9 Å². The first-order chi connectivity index (χ1) is 5.88. The van der Waals surface area contributed by atoms with Gasteiger partial charge in [0.2, 0.25) is 0 Å². The zero-order valence-electron chi connectivity index (χ0n) is 6.72. The summed E-state index contributed by atoms with van der Waals surface area (Å²) in [4.78, 5) is 0. The van der Waals surface area contributed by atoms with Crippen LogP contribution in [0.5, 0.6) is 0 Å². The summed E-state index contributed by atoms with van der Waals surface area (Å²) in [5.74, 6) is 0. The number of H-pyrrole nitrogens is 1. The van der Waals surface area contributed by atoms with Crippen molar-refractivity contribution in [1.82, 2.24) is 10.2 Å². The highest BCUT2D eigenvalue weighted by molar-refractivity contribution is 9.10. The van der Waals surface area contributed by atoms with Gasteiger partial charge in [-0.25, -0.2) is 0 Å². The molecule has 0 spiro atoms. The second-order valence-corrected chi connectivity index (χ2v) is 3.83. The van der Waals surface area contributed by atoms with Crippen LogP contribution >= 0.6 is 15.9 Å². The van der Waals surface area contributed by atoms with Crippen molar-refractivity contribution in [3.8, 4) is 0 Å². The average Bonchev–Trinajstić information content (AvgIpc) is 2.53. The van der Waals surface area contributed by atoms with Gasteiger partial charge in [0.25, 0.3) is 0 Å². The van der Waals surface area contributed by atoms with Crippen LogP contribution in [0, 0.1) is 0 Å². The molecule has 12 heavy (non-hydrogen) atoms. The Balaban J connectivity index is 2.13. The van der Waals surface area contributed by atoms with E-state index in [2.05, 4.69) is 26.1 Å². The Bertz CT molecular complexity index is 255. The summed E-state index contributed by atoms with van der Waals surface area (Å²) in [6.07, 6.45) is 5.54. The van der Waals surface area contributed by atoms with Gasteiger partial charge < -0.3 is 4.74 Å². The maximum atomic E-state index is 5.59. The van der Waals surface area contributed by atoms with Crippen molar-refractivity contribution in [3.05, 3.63) is 16.4 Å². The molecule has 0 bridgehead atoms. The van der Waals surface area contributed by atoms with Gasteiger partial charge in [-0.1, -0.05) is 0 Å². The van der Waals surface area contributed by atoms with Crippen molar-refractivity contribution < 1.29 is 4.74 Å². The Morgan fingerprint density at radius 1 is 1.58 bits per heavy atom. The Morgan fingerprint density at radius 3 is 3.08 bits per heavy atom. The van der Waals surface area contributed by atoms with Crippen LogP contribution < -0.4 is 0 Å². The number of ether oxygens (including phenoxy) is 1. The highest BCUT2D eigenvalue weighted by Gasteiger charge is 2.20. The third-order valence-electron chi connectivity index (χ3n) is 2.11. The molecule has 4 heteroatoms. The molecule has 0 saturated carbocycles. The molecule has 1 unspecified atom stereocenters. The first-order valence-corrected chi connectivity index (χ1v) is 4.98. The van der Waals surface area contributed by atoms with Gasteiger partial charge in [-0.15, -0.1) is 0 Å². The van der Waals surface area contributed by atoms with E-state index in [-0.39, 0.29) is 6.10 Å². The van der Waals surface area contributed by atoms with Gasteiger partial charge in [-0.2, -0.15) is 5.10 Å². The number of nitrogens with one attached hydrogen (secondary N) is 1. The lowest BCUT2D eigenvalue weighted by Crippen LogP contribution is -2.12. The lowest BCUT2D eigenvalue weighted by atomic mass is 10.1. The molecule has 2 heterocycles. The number of halogens is 1. The smallest absolute Gasteiger partial charge is 0.105 e. The van der Waals surface area contributed by atoms with E-state index in [4.69, 9.17) is 4.74 Å². The maximum Gasteiger partial charge on any atom is 0.105 e. The van der Waals surface area contributed by atoms with Gasteiger partial charge in [0, 0.05) is 12.8 Å². The molecule has 1 aromatic rings. The van der Waals surface area contributed by atoms with Gasteiger partial charge in [-0.3, -0.25) is 5.10 Å². The third-order valence-corrected chi connectivity index (χ3v) is 2.74. The zero-order valence-corrected chi connectivity index (χ0v) is 8.30. The van der Waals surface area contributed by atoms with E-state index in [0.29, 0.717) is 0 Å². The molecule has 66 valence electrons. The van der Waals surface area contributed by atoms with Crippen LogP contribution in [0.2, 0.25) is 0 Å². The van der Waals surface area contributed by atoms with Crippen LogP contribution in [0.1, 0.15) is 31.1 Å². The Labute approximate surface area is 79.6 Å². The topological polar surface area (TPSA) is 37.9 Å². The van der Waals surface area contributed by atoms with E-state index in [9.17, 15) is 0 Å². The predicted molar refractivity (Wildman–Crippen MR) is 48.8 cm³/mol. The number of aromatic nitrogens is 2. The van der Waals surface area contributed by atoms with Crippen LogP contribution in [0.3, 0.4) is 0 Å². The van der Waals surface area contributed by atoms with Crippen LogP contribution in [-0.4, -0.2) is 16.8 Å². The fourth-order valence-electron chi connectivity index (χ4n) is 1.47. The average molecular weight is 231 g/mol. The van der Waals surface area contributed by atoms with E-state index in [1.165, 1.54) is 12.8 Å². The normalized spacial score (nSPS) is 24.2. The molecule has 1 saturated heterocycles. The molecule has 1 atom stereocenters. The highest BCUT2D eigenvalue weighted by Crippen LogP contribution is 2.30. The minimum Gasteiger partial charge on any atom is -0.372 e. The largest absolute Gasteiger partial charge is 0.372 e. The molecule has 0 aromatic carbocycles. The quantitative estimate of drug-likeness (QED) is 0.805. The number of hydrogen-bond acceptors (Lipinski definition) is 2. The SMILES string of the molecule is Brc1c[nH]nc1C1CCCCO1. The van der Waals surface area contributed by atoms with Gasteiger partial charge in [-0.05, 0) is 35.2 Å². The second kappa shape index (κ2) is 3.58. The standard InChI is InChI=1S/C8H11BrN2O/c9-6-5-10-11-8(6)7-3-1-2-4-12-7/h5,7H,1-4H2,(H,10,11). The Hall–Kier alpha value is -0.350. The minimum absolute atomic E-state index is 0.194. The minimum atomic E-state index is 0.194. The van der Waals surface area contributed by atoms with Crippen molar-refractivity contribution in [2.45, 2.75) is 25.4 Å². The monoisotopic (exact) mass is 230 g/mol. The molecule has 0 amide bonds. The summed E-state index contributed by atoms with van der Waals surface area (Å²) in [6, 6.07) is 0. The number of hydrogen-bond donors (Lipinski definition) is 1. The zero-order chi connectivity index (χ0) is 8.39. The van der Waals surface area contributed by atoms with Crippen LogP contribution in [0.4, 0.5) is 0 Å². The highest BCUT2D eigenvalue weighted by atomic mass is 79.9. The molecule has 3 nitrogen and oxygen atoms in total. The fourth-order valence-corrected chi connectivity index (χ4v) is 1.91. The summed E-state index contributed by atoms with van der Waals surface area (Å²) >= 11 is 3.43. The third kappa shape index (κ3) is 1.54. The van der Waals surface area contributed by atoms with E-state index in [1.54, 1.807) is 0 Å². The van der Waals surface area contributed by atoms with Crippen LogP contribution in [0.25, 0.3) is 0 Å². The van der Waals surface area contributed by atoms with Gasteiger partial charge in [0.15, 0.2) is 0 Å². The summed E-state index contributed by atoms with van der Waals surface area (Å²) in [5.41, 5.74) is 1.01. The molecule has 1 aromatic heterocycles. The van der Waals surface area contributed by atoms with Gasteiger partial charge in [0.05, 0.1) is 4.47 Å². The molecular weight excluding hydrogens is 220 g/mol. The van der Waals surface area contributed by atoms with E-state index in [1.807, 2.05) is 6.20 Å². The second-order valence-electron chi connectivity index (χ2n) is 2.97. The molecule has 1 fully saturated rings. The Morgan fingerprint density at radius 2 is 2.50 bits per heavy atom. The van der Waals surface area contributed by atoms with Crippen molar-refractivity contribution in [2.24, 2.45) is 0 Å². The maximum absolute atomic E-state index is 5.59. The van der Waals surface area contributed by atoms with Gasteiger partial charge >= 0.3 is 0 Å². The molecule has 2 rings (SSSR count).